The molecule has 0 fully saturated rings. The van der Waals surface area contributed by atoms with Crippen molar-refractivity contribution >= 4 is 11.5 Å². The third-order valence-electron chi connectivity index (χ3n) is 3.07. The highest BCUT2D eigenvalue weighted by Gasteiger charge is 2.08. The number of hydrogen-bond donors (Lipinski definition) is 1. The van der Waals surface area contributed by atoms with Gasteiger partial charge in [0.15, 0.2) is 0 Å². The highest BCUT2D eigenvalue weighted by Crippen LogP contribution is 2.25. The van der Waals surface area contributed by atoms with E-state index >= 15 is 0 Å². The highest BCUT2D eigenvalue weighted by molar-refractivity contribution is 5.62. The minimum Gasteiger partial charge on any atom is -0.389 e. The Labute approximate surface area is 108 Å². The molecule has 3 nitrogen and oxygen atoms in total. The van der Waals surface area contributed by atoms with Gasteiger partial charge in [-0.2, -0.15) is 0 Å². The topological polar surface area (TPSA) is 36.4 Å². The normalized spacial score (nSPS) is 12.2. The summed E-state index contributed by atoms with van der Waals surface area (Å²) in [6.45, 7) is 3.82. The maximum absolute atomic E-state index is 9.46. The van der Waals surface area contributed by atoms with Crippen molar-refractivity contribution in [3.05, 3.63) is 53.7 Å². The van der Waals surface area contributed by atoms with E-state index in [9.17, 15) is 5.11 Å². The number of aromatic nitrogens is 1. The van der Waals surface area contributed by atoms with E-state index in [1.54, 1.807) is 13.1 Å². The van der Waals surface area contributed by atoms with Gasteiger partial charge in [-0.3, -0.25) is 0 Å². The predicted molar refractivity (Wildman–Crippen MR) is 74.1 cm³/mol. The summed E-state index contributed by atoms with van der Waals surface area (Å²) in [6, 6.07) is 12.0. The summed E-state index contributed by atoms with van der Waals surface area (Å²) in [7, 11) is 1.99. The quantitative estimate of drug-likeness (QED) is 0.897. The van der Waals surface area contributed by atoms with Gasteiger partial charge in [0.25, 0.3) is 0 Å². The Morgan fingerprint density at radius 3 is 2.44 bits per heavy atom. The third-order valence-corrected chi connectivity index (χ3v) is 3.07. The van der Waals surface area contributed by atoms with Crippen LogP contribution in [0.15, 0.2) is 42.6 Å². The second-order valence-electron chi connectivity index (χ2n) is 4.47. The Morgan fingerprint density at radius 2 is 1.89 bits per heavy atom. The van der Waals surface area contributed by atoms with E-state index in [4.69, 9.17) is 0 Å². The number of para-hydroxylation sites is 1. The first-order chi connectivity index (χ1) is 8.59. The number of aliphatic hydroxyl groups excluding tert-OH is 1. The number of nitrogens with zero attached hydrogens (tertiary/aromatic N) is 2. The van der Waals surface area contributed by atoms with Crippen LogP contribution in [0.2, 0.25) is 0 Å². The van der Waals surface area contributed by atoms with E-state index in [-0.39, 0.29) is 0 Å². The van der Waals surface area contributed by atoms with Crippen molar-refractivity contribution in [3.8, 4) is 0 Å². The number of rotatable bonds is 3. The van der Waals surface area contributed by atoms with Gasteiger partial charge < -0.3 is 10.0 Å². The molecule has 0 aliphatic carbocycles. The molecular formula is C15H18N2O. The van der Waals surface area contributed by atoms with E-state index < -0.39 is 6.10 Å². The lowest BCUT2D eigenvalue weighted by Crippen LogP contribution is -2.12. The molecule has 0 saturated carbocycles. The van der Waals surface area contributed by atoms with E-state index in [0.29, 0.717) is 0 Å². The SMILES string of the molecule is Cc1ccccc1N(C)c1ccc(C(C)O)cn1. The summed E-state index contributed by atoms with van der Waals surface area (Å²) in [5.41, 5.74) is 3.17. The first-order valence-corrected chi connectivity index (χ1v) is 6.03. The Hall–Kier alpha value is -1.87. The number of aliphatic hydroxyl groups is 1. The number of pyridine rings is 1. The summed E-state index contributed by atoms with van der Waals surface area (Å²) in [6.07, 6.45) is 1.24. The molecule has 0 aliphatic heterocycles. The van der Waals surface area contributed by atoms with Crippen molar-refractivity contribution in [2.75, 3.05) is 11.9 Å². The summed E-state index contributed by atoms with van der Waals surface area (Å²) in [4.78, 5) is 6.43. The molecule has 0 saturated heterocycles. The van der Waals surface area contributed by atoms with Crippen LogP contribution in [-0.2, 0) is 0 Å². The first kappa shape index (κ1) is 12.6. The second-order valence-corrected chi connectivity index (χ2v) is 4.47. The molecule has 1 heterocycles. The molecule has 94 valence electrons. The molecule has 1 atom stereocenters. The molecule has 0 bridgehead atoms. The van der Waals surface area contributed by atoms with Crippen molar-refractivity contribution in [1.29, 1.82) is 0 Å². The third kappa shape index (κ3) is 2.51. The van der Waals surface area contributed by atoms with Crippen molar-refractivity contribution < 1.29 is 5.11 Å². The maximum Gasteiger partial charge on any atom is 0.132 e. The molecule has 3 heteroatoms. The number of aryl methyl sites for hydroxylation is 1. The fraction of sp³-hybridized carbons (Fsp3) is 0.267. The average molecular weight is 242 g/mol. The van der Waals surface area contributed by atoms with Crippen LogP contribution >= 0.6 is 0 Å². The average Bonchev–Trinajstić information content (AvgIpc) is 2.38. The Bertz CT molecular complexity index is 520. The second kappa shape index (κ2) is 5.19. The zero-order chi connectivity index (χ0) is 13.1. The van der Waals surface area contributed by atoms with E-state index in [1.807, 2.05) is 36.2 Å². The van der Waals surface area contributed by atoms with Crippen LogP contribution in [0.1, 0.15) is 24.2 Å². The van der Waals surface area contributed by atoms with Gasteiger partial charge in [0, 0.05) is 18.9 Å². The predicted octanol–water partition coefficient (Wildman–Crippen LogP) is 3.21. The van der Waals surface area contributed by atoms with Crippen molar-refractivity contribution in [2.24, 2.45) is 0 Å². The molecule has 0 spiro atoms. The summed E-state index contributed by atoms with van der Waals surface area (Å²) in [5, 5.41) is 9.46. The fourth-order valence-corrected chi connectivity index (χ4v) is 1.91. The number of anilines is 2. The fourth-order valence-electron chi connectivity index (χ4n) is 1.91. The Kier molecular flexibility index (Phi) is 3.63. The molecular weight excluding hydrogens is 224 g/mol. The monoisotopic (exact) mass is 242 g/mol. The summed E-state index contributed by atoms with van der Waals surface area (Å²) < 4.78 is 0. The van der Waals surface area contributed by atoms with Gasteiger partial charge in [0.2, 0.25) is 0 Å². The van der Waals surface area contributed by atoms with E-state index in [2.05, 4.69) is 24.0 Å². The van der Waals surface area contributed by atoms with Gasteiger partial charge in [0.05, 0.1) is 6.10 Å². The summed E-state index contributed by atoms with van der Waals surface area (Å²) in [5.74, 6) is 0.869. The van der Waals surface area contributed by atoms with Crippen molar-refractivity contribution in [2.45, 2.75) is 20.0 Å². The van der Waals surface area contributed by atoms with Crippen molar-refractivity contribution in [3.63, 3.8) is 0 Å². The van der Waals surface area contributed by atoms with Gasteiger partial charge in [-0.1, -0.05) is 24.3 Å². The molecule has 0 radical (unpaired) electrons. The van der Waals surface area contributed by atoms with E-state index in [1.165, 1.54) is 5.56 Å². The Balaban J connectivity index is 2.29. The Morgan fingerprint density at radius 1 is 1.17 bits per heavy atom. The van der Waals surface area contributed by atoms with E-state index in [0.717, 1.165) is 17.1 Å². The molecule has 1 aromatic heterocycles. The zero-order valence-electron chi connectivity index (χ0n) is 11.0. The van der Waals surface area contributed by atoms with Crippen LogP contribution in [0.25, 0.3) is 0 Å². The lowest BCUT2D eigenvalue weighted by molar-refractivity contribution is 0.199. The lowest BCUT2D eigenvalue weighted by Gasteiger charge is -2.20. The van der Waals surface area contributed by atoms with Gasteiger partial charge in [0.1, 0.15) is 5.82 Å². The standard InChI is InChI=1S/C15H18N2O/c1-11-6-4-5-7-14(11)17(3)15-9-8-13(10-16-15)12(2)18/h4-10,12,18H,1-3H3. The molecule has 1 unspecified atom stereocenters. The number of benzene rings is 1. The van der Waals surface area contributed by atoms with Crippen LogP contribution in [-0.4, -0.2) is 17.1 Å². The molecule has 18 heavy (non-hydrogen) atoms. The van der Waals surface area contributed by atoms with Crippen LogP contribution in [0, 0.1) is 6.92 Å². The number of hydrogen-bond acceptors (Lipinski definition) is 3. The van der Waals surface area contributed by atoms with Gasteiger partial charge in [-0.05, 0) is 37.1 Å². The first-order valence-electron chi connectivity index (χ1n) is 6.03. The van der Waals surface area contributed by atoms with Crippen LogP contribution in [0.3, 0.4) is 0 Å². The molecule has 2 aromatic rings. The van der Waals surface area contributed by atoms with Crippen LogP contribution < -0.4 is 4.90 Å². The van der Waals surface area contributed by atoms with Crippen molar-refractivity contribution in [1.82, 2.24) is 4.98 Å². The van der Waals surface area contributed by atoms with Crippen LogP contribution in [0.5, 0.6) is 0 Å². The zero-order valence-corrected chi connectivity index (χ0v) is 11.0. The molecule has 1 aromatic carbocycles. The molecule has 1 N–H and O–H groups in total. The molecule has 0 aliphatic rings. The highest BCUT2D eigenvalue weighted by atomic mass is 16.3. The largest absolute Gasteiger partial charge is 0.389 e. The minimum absolute atomic E-state index is 0.477. The maximum atomic E-state index is 9.46. The van der Waals surface area contributed by atoms with Gasteiger partial charge in [-0.15, -0.1) is 0 Å². The van der Waals surface area contributed by atoms with Gasteiger partial charge >= 0.3 is 0 Å². The lowest BCUT2D eigenvalue weighted by atomic mass is 10.1. The van der Waals surface area contributed by atoms with Gasteiger partial charge in [-0.25, -0.2) is 4.98 Å². The smallest absolute Gasteiger partial charge is 0.132 e. The molecule has 0 amide bonds. The molecule has 2 rings (SSSR count). The minimum atomic E-state index is -0.477. The summed E-state index contributed by atoms with van der Waals surface area (Å²) >= 11 is 0. The van der Waals surface area contributed by atoms with Crippen LogP contribution in [0.4, 0.5) is 11.5 Å².